The highest BCUT2D eigenvalue weighted by Gasteiger charge is 2.33. The molecule has 0 heterocycles. The van der Waals surface area contributed by atoms with Gasteiger partial charge in [0.05, 0.1) is 16.1 Å². The molecular formula is C50H48P2Si2. The van der Waals surface area contributed by atoms with E-state index in [2.05, 4.69) is 221 Å². The predicted octanol–water partition coefficient (Wildman–Crippen LogP) is 10.3. The second-order valence-electron chi connectivity index (χ2n) is 16.2. The molecular weight excluding hydrogens is 719 g/mol. The quantitative estimate of drug-likeness (QED) is 0.101. The first-order valence-corrected chi connectivity index (χ1v) is 28.7. The zero-order valence-corrected chi connectivity index (χ0v) is 36.0. The molecule has 0 saturated carbocycles. The van der Waals surface area contributed by atoms with Crippen LogP contribution in [0, 0.1) is 0 Å². The van der Waals surface area contributed by atoms with Gasteiger partial charge in [-0.1, -0.05) is 232 Å². The summed E-state index contributed by atoms with van der Waals surface area (Å²) < 4.78 is 0. The highest BCUT2D eigenvalue weighted by Crippen LogP contribution is 2.45. The van der Waals surface area contributed by atoms with Gasteiger partial charge in [-0.2, -0.15) is 0 Å². The summed E-state index contributed by atoms with van der Waals surface area (Å²) in [6, 6.07) is 69.4. The van der Waals surface area contributed by atoms with Crippen LogP contribution in [0.2, 0.25) is 39.3 Å². The summed E-state index contributed by atoms with van der Waals surface area (Å²) in [5.41, 5.74) is 2.80. The summed E-state index contributed by atoms with van der Waals surface area (Å²) in [5, 5.41) is 17.1. The Bertz CT molecular complexity index is 2290. The first-order chi connectivity index (χ1) is 26.1. The van der Waals surface area contributed by atoms with E-state index >= 15 is 0 Å². The maximum atomic E-state index is 2.67. The molecule has 0 aliphatic rings. The molecule has 0 N–H and O–H groups in total. The van der Waals surface area contributed by atoms with Crippen molar-refractivity contribution < 1.29 is 0 Å². The van der Waals surface area contributed by atoms with Crippen LogP contribution in [0.5, 0.6) is 0 Å². The van der Waals surface area contributed by atoms with Crippen molar-refractivity contribution in [3.8, 4) is 11.1 Å². The molecule has 0 fully saturated rings. The molecule has 8 aromatic rings. The average Bonchev–Trinajstić information content (AvgIpc) is 3.18. The Morgan fingerprint density at radius 3 is 0.796 bits per heavy atom. The van der Waals surface area contributed by atoms with Crippen molar-refractivity contribution in [1.29, 1.82) is 0 Å². The number of benzene rings is 8. The molecule has 0 bridgehead atoms. The number of fused-ring (bicyclic) bond motifs is 2. The van der Waals surface area contributed by atoms with Crippen molar-refractivity contribution in [3.63, 3.8) is 0 Å². The molecule has 54 heavy (non-hydrogen) atoms. The highest BCUT2D eigenvalue weighted by atomic mass is 31.1. The third kappa shape index (κ3) is 6.98. The smallest absolute Gasteiger partial charge is 0.0656 e. The monoisotopic (exact) mass is 766 g/mol. The lowest BCUT2D eigenvalue weighted by Crippen LogP contribution is -2.42. The zero-order valence-electron chi connectivity index (χ0n) is 32.2. The largest absolute Gasteiger partial charge is 0.0784 e. The molecule has 0 radical (unpaired) electrons. The van der Waals surface area contributed by atoms with Crippen LogP contribution in [0.25, 0.3) is 32.7 Å². The predicted molar refractivity (Wildman–Crippen MR) is 250 cm³/mol. The molecule has 0 spiro atoms. The molecule has 0 unspecified atom stereocenters. The molecule has 266 valence electrons. The lowest BCUT2D eigenvalue weighted by atomic mass is 9.93. The van der Waals surface area contributed by atoms with Crippen LogP contribution < -0.4 is 42.2 Å². The Morgan fingerprint density at radius 1 is 0.296 bits per heavy atom. The molecule has 0 nitrogen and oxygen atoms in total. The molecule has 0 aliphatic carbocycles. The van der Waals surface area contributed by atoms with Gasteiger partial charge in [0.15, 0.2) is 0 Å². The molecule has 8 aromatic carbocycles. The normalized spacial score (nSPS) is 12.2. The summed E-state index contributed by atoms with van der Waals surface area (Å²) in [7, 11) is -5.45. The Balaban J connectivity index is 1.63. The van der Waals surface area contributed by atoms with Crippen molar-refractivity contribution in [2.45, 2.75) is 39.3 Å². The summed E-state index contributed by atoms with van der Waals surface area (Å²) in [6.45, 7) is 15.1. The minimum absolute atomic E-state index is 0.915. The van der Waals surface area contributed by atoms with Crippen molar-refractivity contribution in [3.05, 3.63) is 182 Å². The van der Waals surface area contributed by atoms with E-state index in [0.717, 1.165) is 0 Å². The third-order valence-corrected chi connectivity index (χ3v) is 19.4. The SMILES string of the molecule is C[Si](C)(C)c1cc(P(c2ccccc2)c2ccccc2)c(-c2c(P(c3ccccc3)c3ccccc3)cc([Si](C)(C)C)c3ccccc23)c2ccccc12. The van der Waals surface area contributed by atoms with Crippen LogP contribution in [-0.2, 0) is 0 Å². The van der Waals surface area contributed by atoms with Gasteiger partial charge in [-0.3, -0.25) is 0 Å². The van der Waals surface area contributed by atoms with Crippen molar-refractivity contribution in [1.82, 2.24) is 0 Å². The molecule has 4 heteroatoms. The first-order valence-electron chi connectivity index (χ1n) is 19.0. The van der Waals surface area contributed by atoms with Gasteiger partial charge in [-0.15, -0.1) is 0 Å². The molecule has 0 aliphatic heterocycles. The lowest BCUT2D eigenvalue weighted by molar-refractivity contribution is 1.70. The Kier molecular flexibility index (Phi) is 10.2. The van der Waals surface area contributed by atoms with Gasteiger partial charge in [0.2, 0.25) is 0 Å². The molecule has 0 saturated heterocycles. The van der Waals surface area contributed by atoms with Crippen LogP contribution >= 0.6 is 15.8 Å². The van der Waals surface area contributed by atoms with Gasteiger partial charge in [0.25, 0.3) is 0 Å². The Labute approximate surface area is 326 Å². The fourth-order valence-corrected chi connectivity index (χ4v) is 16.5. The van der Waals surface area contributed by atoms with Crippen LogP contribution in [0.15, 0.2) is 182 Å². The number of rotatable bonds is 9. The van der Waals surface area contributed by atoms with Crippen molar-refractivity contribution in [2.24, 2.45) is 0 Å². The van der Waals surface area contributed by atoms with E-state index in [1.807, 2.05) is 0 Å². The molecule has 0 aromatic heterocycles. The van der Waals surface area contributed by atoms with E-state index in [1.54, 1.807) is 0 Å². The summed E-state index contributed by atoms with van der Waals surface area (Å²) in [4.78, 5) is 0. The minimum atomic E-state index is -1.81. The van der Waals surface area contributed by atoms with Gasteiger partial charge in [0, 0.05) is 0 Å². The van der Waals surface area contributed by atoms with Crippen LogP contribution in [0.1, 0.15) is 0 Å². The summed E-state index contributed by atoms with van der Waals surface area (Å²) >= 11 is 0. The maximum Gasteiger partial charge on any atom is 0.0784 e. The minimum Gasteiger partial charge on any atom is -0.0656 e. The van der Waals surface area contributed by atoms with Gasteiger partial charge in [-0.25, -0.2) is 0 Å². The van der Waals surface area contributed by atoms with Crippen LogP contribution in [0.3, 0.4) is 0 Å². The molecule has 8 rings (SSSR count). The zero-order chi connectivity index (χ0) is 37.5. The maximum absolute atomic E-state index is 2.67. The standard InChI is InChI=1S/C50H48P2Si2/c1-53(2,3)47-35-45(51(37-23-11-7-12-24-37)38-25-13-8-14-26-38)49(43-33-21-19-31-41(43)47)50-44-34-22-20-32-42(44)48(54(4,5)6)36-46(50)52(39-27-15-9-16-28-39)40-29-17-10-18-30-40/h7-36H,1-6H3. The lowest BCUT2D eigenvalue weighted by Gasteiger charge is -2.32. The number of hydrogen-bond acceptors (Lipinski definition) is 0. The van der Waals surface area contributed by atoms with E-state index in [4.69, 9.17) is 0 Å². The summed E-state index contributed by atoms with van der Waals surface area (Å²) in [5.74, 6) is 0. The van der Waals surface area contributed by atoms with Crippen LogP contribution in [-0.4, -0.2) is 16.1 Å². The fraction of sp³-hybridized carbons (Fsp3) is 0.120. The molecule has 0 atom stereocenters. The van der Waals surface area contributed by atoms with Gasteiger partial charge in [0.1, 0.15) is 0 Å². The van der Waals surface area contributed by atoms with E-state index in [0.29, 0.717) is 0 Å². The van der Waals surface area contributed by atoms with Crippen molar-refractivity contribution >= 4 is 95.7 Å². The summed E-state index contributed by atoms with van der Waals surface area (Å²) in [6.07, 6.45) is 0. The van der Waals surface area contributed by atoms with E-state index in [9.17, 15) is 0 Å². The average molecular weight is 767 g/mol. The van der Waals surface area contributed by atoms with E-state index in [1.165, 1.54) is 74.9 Å². The van der Waals surface area contributed by atoms with Crippen LogP contribution in [0.4, 0.5) is 0 Å². The van der Waals surface area contributed by atoms with E-state index < -0.39 is 32.0 Å². The highest BCUT2D eigenvalue weighted by molar-refractivity contribution is 7.81. The van der Waals surface area contributed by atoms with Gasteiger partial charge in [-0.05, 0) is 80.3 Å². The number of hydrogen-bond donors (Lipinski definition) is 0. The van der Waals surface area contributed by atoms with E-state index in [-0.39, 0.29) is 0 Å². The fourth-order valence-electron chi connectivity index (χ4n) is 8.00. The Hall–Kier alpha value is -4.43. The first kappa shape index (κ1) is 36.5. The van der Waals surface area contributed by atoms with Gasteiger partial charge >= 0.3 is 0 Å². The van der Waals surface area contributed by atoms with Gasteiger partial charge < -0.3 is 0 Å². The topological polar surface area (TPSA) is 0 Å². The Morgan fingerprint density at radius 2 is 0.537 bits per heavy atom. The molecule has 0 amide bonds. The second-order valence-corrected chi connectivity index (χ2v) is 30.7. The van der Waals surface area contributed by atoms with Crippen molar-refractivity contribution in [2.75, 3.05) is 0 Å². The second kappa shape index (κ2) is 15.0. The third-order valence-electron chi connectivity index (χ3n) is 10.5.